The summed E-state index contributed by atoms with van der Waals surface area (Å²) in [6.45, 7) is 9.35. The molecule has 0 saturated carbocycles. The van der Waals surface area contributed by atoms with Crippen LogP contribution >= 0.6 is 11.6 Å². The van der Waals surface area contributed by atoms with E-state index in [-0.39, 0.29) is 5.91 Å². The van der Waals surface area contributed by atoms with Gasteiger partial charge in [0.15, 0.2) is 0 Å². The van der Waals surface area contributed by atoms with Crippen LogP contribution < -0.4 is 5.32 Å². The third-order valence-electron chi connectivity index (χ3n) is 4.28. The lowest BCUT2D eigenvalue weighted by Gasteiger charge is -2.35. The molecule has 1 aromatic rings. The summed E-state index contributed by atoms with van der Waals surface area (Å²) in [4.78, 5) is 14.8. The monoisotopic (exact) mass is 308 g/mol. The second-order valence-electron chi connectivity index (χ2n) is 6.24. The maximum absolute atomic E-state index is 12.3. The van der Waals surface area contributed by atoms with Crippen LogP contribution in [-0.4, -0.2) is 36.5 Å². The zero-order chi connectivity index (χ0) is 15.4. The van der Waals surface area contributed by atoms with E-state index in [1.54, 1.807) is 6.07 Å². The van der Waals surface area contributed by atoms with Gasteiger partial charge in [-0.25, -0.2) is 0 Å². The molecule has 1 amide bonds. The molecule has 1 atom stereocenters. The second kappa shape index (κ2) is 7.28. The van der Waals surface area contributed by atoms with Crippen molar-refractivity contribution in [1.82, 2.24) is 10.2 Å². The lowest BCUT2D eigenvalue weighted by atomic mass is 9.96. The summed E-state index contributed by atoms with van der Waals surface area (Å²) in [5, 5.41) is 3.59. The number of nitrogens with one attached hydrogen (secondary N) is 1. The zero-order valence-electron chi connectivity index (χ0n) is 13.2. The van der Waals surface area contributed by atoms with Crippen LogP contribution in [0.25, 0.3) is 0 Å². The topological polar surface area (TPSA) is 32.3 Å². The molecule has 3 nitrogen and oxygen atoms in total. The van der Waals surface area contributed by atoms with Crippen molar-refractivity contribution in [2.75, 3.05) is 19.6 Å². The molecule has 4 heteroatoms. The first-order chi connectivity index (χ1) is 9.99. The molecular weight excluding hydrogens is 284 g/mol. The van der Waals surface area contributed by atoms with Crippen LogP contribution in [0.5, 0.6) is 0 Å². The number of hydrogen-bond acceptors (Lipinski definition) is 2. The summed E-state index contributed by atoms with van der Waals surface area (Å²) >= 11 is 6.14. The number of piperidine rings is 1. The highest BCUT2D eigenvalue weighted by molar-refractivity contribution is 6.34. The summed E-state index contributed by atoms with van der Waals surface area (Å²) in [7, 11) is 0. The van der Waals surface area contributed by atoms with Crippen LogP contribution in [0.15, 0.2) is 18.2 Å². The molecule has 0 spiro atoms. The fraction of sp³-hybridized carbons (Fsp3) is 0.588. The molecule has 1 N–H and O–H groups in total. The Hall–Kier alpha value is -1.06. The molecule has 2 rings (SSSR count). The van der Waals surface area contributed by atoms with E-state index in [1.165, 1.54) is 19.4 Å². The maximum Gasteiger partial charge on any atom is 0.253 e. The molecule has 0 aliphatic carbocycles. The van der Waals surface area contributed by atoms with E-state index in [9.17, 15) is 4.79 Å². The van der Waals surface area contributed by atoms with Crippen LogP contribution in [0.3, 0.4) is 0 Å². The number of halogens is 1. The highest BCUT2D eigenvalue weighted by Gasteiger charge is 2.22. The van der Waals surface area contributed by atoms with Crippen LogP contribution in [0.1, 0.15) is 42.6 Å². The highest BCUT2D eigenvalue weighted by Crippen LogP contribution is 2.20. The number of carbonyl (C=O) groups excluding carboxylic acids is 1. The molecular formula is C17H25ClN2O. The van der Waals surface area contributed by atoms with E-state index in [1.807, 2.05) is 19.1 Å². The number of aryl methyl sites for hydroxylation is 1. The van der Waals surface area contributed by atoms with Gasteiger partial charge >= 0.3 is 0 Å². The van der Waals surface area contributed by atoms with Gasteiger partial charge in [0.05, 0.1) is 10.6 Å². The lowest BCUT2D eigenvalue weighted by molar-refractivity contribution is 0.0922. The van der Waals surface area contributed by atoms with Gasteiger partial charge in [-0.1, -0.05) is 23.7 Å². The minimum Gasteiger partial charge on any atom is -0.352 e. The molecule has 1 saturated heterocycles. The van der Waals surface area contributed by atoms with Gasteiger partial charge in [0.25, 0.3) is 5.91 Å². The maximum atomic E-state index is 12.3. The third-order valence-corrected chi connectivity index (χ3v) is 4.60. The van der Waals surface area contributed by atoms with Crippen molar-refractivity contribution in [3.8, 4) is 0 Å². The van der Waals surface area contributed by atoms with Crippen molar-refractivity contribution >= 4 is 17.5 Å². The van der Waals surface area contributed by atoms with Crippen LogP contribution in [0.2, 0.25) is 5.02 Å². The molecule has 116 valence electrons. The molecule has 0 aromatic heterocycles. The third kappa shape index (κ3) is 4.21. The van der Waals surface area contributed by atoms with Crippen LogP contribution in [-0.2, 0) is 0 Å². The zero-order valence-corrected chi connectivity index (χ0v) is 13.9. The predicted octanol–water partition coefficient (Wildman–Crippen LogP) is 3.50. The Morgan fingerprint density at radius 3 is 2.90 bits per heavy atom. The summed E-state index contributed by atoms with van der Waals surface area (Å²) in [6.07, 6.45) is 2.40. The Kier molecular flexibility index (Phi) is 5.65. The lowest BCUT2D eigenvalue weighted by Crippen LogP contribution is -2.43. The van der Waals surface area contributed by atoms with E-state index in [2.05, 4.69) is 24.1 Å². The first kappa shape index (κ1) is 16.3. The Labute approximate surface area is 132 Å². The van der Waals surface area contributed by atoms with Gasteiger partial charge in [-0.3, -0.25) is 4.79 Å². The number of likely N-dealkylation sites (tertiary alicyclic amines) is 1. The van der Waals surface area contributed by atoms with E-state index in [4.69, 9.17) is 11.6 Å². The summed E-state index contributed by atoms with van der Waals surface area (Å²) in [6, 6.07) is 6.14. The van der Waals surface area contributed by atoms with Gasteiger partial charge in [0, 0.05) is 19.1 Å². The smallest absolute Gasteiger partial charge is 0.253 e. The van der Waals surface area contributed by atoms with Crippen molar-refractivity contribution < 1.29 is 4.79 Å². The Bertz CT molecular complexity index is 481. The largest absolute Gasteiger partial charge is 0.352 e. The first-order valence-corrected chi connectivity index (χ1v) is 8.14. The molecule has 1 fully saturated rings. The van der Waals surface area contributed by atoms with Crippen molar-refractivity contribution in [3.63, 3.8) is 0 Å². The SMILES string of the molecule is Cc1cccc(Cl)c1C(=O)NC[C@H]1CCCN(C(C)C)C1. The van der Waals surface area contributed by atoms with Crippen LogP contribution in [0.4, 0.5) is 0 Å². The number of nitrogens with zero attached hydrogens (tertiary/aromatic N) is 1. The quantitative estimate of drug-likeness (QED) is 0.923. The van der Waals surface area contributed by atoms with Gasteiger partial charge in [-0.15, -0.1) is 0 Å². The first-order valence-electron chi connectivity index (χ1n) is 7.76. The Balaban J connectivity index is 1.92. The summed E-state index contributed by atoms with van der Waals surface area (Å²) in [5.74, 6) is 0.479. The molecule has 0 bridgehead atoms. The fourth-order valence-electron chi connectivity index (χ4n) is 2.98. The summed E-state index contributed by atoms with van der Waals surface area (Å²) < 4.78 is 0. The Morgan fingerprint density at radius 1 is 1.48 bits per heavy atom. The fourth-order valence-corrected chi connectivity index (χ4v) is 3.29. The van der Waals surface area contributed by atoms with Crippen LogP contribution in [0, 0.1) is 12.8 Å². The van der Waals surface area contributed by atoms with Crippen molar-refractivity contribution in [1.29, 1.82) is 0 Å². The van der Waals surface area contributed by atoms with E-state index in [0.29, 0.717) is 22.5 Å². The van der Waals surface area contributed by atoms with E-state index >= 15 is 0 Å². The van der Waals surface area contributed by atoms with E-state index in [0.717, 1.165) is 18.7 Å². The van der Waals surface area contributed by atoms with Gasteiger partial charge in [0.2, 0.25) is 0 Å². The van der Waals surface area contributed by atoms with Crippen molar-refractivity contribution in [2.24, 2.45) is 5.92 Å². The van der Waals surface area contributed by atoms with Gasteiger partial charge in [-0.05, 0) is 57.7 Å². The molecule has 0 unspecified atom stereocenters. The molecule has 1 aliphatic rings. The molecule has 0 radical (unpaired) electrons. The number of carbonyl (C=O) groups is 1. The second-order valence-corrected chi connectivity index (χ2v) is 6.65. The number of rotatable bonds is 4. The predicted molar refractivity (Wildman–Crippen MR) is 88.0 cm³/mol. The minimum absolute atomic E-state index is 0.0558. The minimum atomic E-state index is -0.0558. The van der Waals surface area contributed by atoms with Gasteiger partial charge in [-0.2, -0.15) is 0 Å². The average molecular weight is 309 g/mol. The molecule has 21 heavy (non-hydrogen) atoms. The molecule has 1 aliphatic heterocycles. The molecule has 1 heterocycles. The van der Waals surface area contributed by atoms with Gasteiger partial charge in [0.1, 0.15) is 0 Å². The molecule has 1 aromatic carbocycles. The average Bonchev–Trinajstić information content (AvgIpc) is 2.45. The normalized spacial score (nSPS) is 19.8. The highest BCUT2D eigenvalue weighted by atomic mass is 35.5. The van der Waals surface area contributed by atoms with Crippen molar-refractivity contribution in [2.45, 2.75) is 39.7 Å². The number of hydrogen-bond donors (Lipinski definition) is 1. The van der Waals surface area contributed by atoms with E-state index < -0.39 is 0 Å². The number of amides is 1. The summed E-state index contributed by atoms with van der Waals surface area (Å²) in [5.41, 5.74) is 1.53. The Morgan fingerprint density at radius 2 is 2.24 bits per heavy atom. The standard InChI is InChI=1S/C17H25ClN2O/c1-12(2)20-9-5-7-14(11-20)10-19-17(21)16-13(3)6-4-8-15(16)18/h4,6,8,12,14H,5,7,9-11H2,1-3H3,(H,19,21)/t14-/m1/s1. The number of benzene rings is 1. The van der Waals surface area contributed by atoms with Crippen molar-refractivity contribution in [3.05, 3.63) is 34.3 Å². The van der Waals surface area contributed by atoms with Gasteiger partial charge < -0.3 is 10.2 Å².